The van der Waals surface area contributed by atoms with Crippen LogP contribution in [0.5, 0.6) is 0 Å². The number of para-hydroxylation sites is 1. The predicted molar refractivity (Wildman–Crippen MR) is 93.0 cm³/mol. The van der Waals surface area contributed by atoms with E-state index in [1.54, 1.807) is 29.7 Å². The Morgan fingerprint density at radius 1 is 1.20 bits per heavy atom. The van der Waals surface area contributed by atoms with Crippen molar-refractivity contribution in [2.45, 2.75) is 26.1 Å². The van der Waals surface area contributed by atoms with Crippen LogP contribution in [0.4, 0.5) is 13.2 Å². The van der Waals surface area contributed by atoms with Gasteiger partial charge in [0.15, 0.2) is 0 Å². The third-order valence-electron chi connectivity index (χ3n) is 4.32. The van der Waals surface area contributed by atoms with Crippen LogP contribution in [0.1, 0.15) is 25.1 Å². The summed E-state index contributed by atoms with van der Waals surface area (Å²) >= 11 is 5.75. The Morgan fingerprint density at radius 2 is 1.92 bits per heavy atom. The molecule has 0 atom stereocenters. The molecule has 0 bridgehead atoms. The van der Waals surface area contributed by atoms with Gasteiger partial charge in [0.25, 0.3) is 0 Å². The van der Waals surface area contributed by atoms with E-state index >= 15 is 0 Å². The van der Waals surface area contributed by atoms with Crippen molar-refractivity contribution in [3.63, 3.8) is 0 Å². The van der Waals surface area contributed by atoms with E-state index in [0.717, 1.165) is 17.0 Å². The molecule has 0 amide bonds. The number of halogens is 4. The summed E-state index contributed by atoms with van der Waals surface area (Å²) in [5.74, 6) is 0. The van der Waals surface area contributed by atoms with Crippen LogP contribution >= 0.6 is 11.6 Å². The number of nitrogens with zero attached hydrogens (tertiary/aromatic N) is 1. The Kier molecular flexibility index (Phi) is 4.12. The number of aryl methyl sites for hydroxylation is 2. The number of fused-ring (bicyclic) bond motifs is 1. The largest absolute Gasteiger partial charge is 0.416 e. The van der Waals surface area contributed by atoms with Crippen molar-refractivity contribution in [1.29, 1.82) is 0 Å². The summed E-state index contributed by atoms with van der Waals surface area (Å²) in [6.45, 7) is -1.11. The van der Waals surface area contributed by atoms with Gasteiger partial charge in [0.1, 0.15) is 0 Å². The second kappa shape index (κ2) is 6.73. The topological polar surface area (TPSA) is 25.2 Å². The Bertz CT molecular complexity index is 993. The van der Waals surface area contributed by atoms with E-state index in [9.17, 15) is 18.3 Å². The smallest absolute Gasteiger partial charge is 0.395 e. The van der Waals surface area contributed by atoms with E-state index < -0.39 is 18.3 Å². The van der Waals surface area contributed by atoms with Crippen molar-refractivity contribution in [3.05, 3.63) is 69.9 Å². The van der Waals surface area contributed by atoms with Gasteiger partial charge in [-0.1, -0.05) is 35.9 Å². The van der Waals surface area contributed by atoms with Crippen LogP contribution in [0, 0.1) is 6.92 Å². The minimum Gasteiger partial charge on any atom is -0.395 e. The number of alkyl halides is 3. The SMILES string of the molecule is [2H]C([2H])(O)Cn1c(Cc2ccc(Cl)cc2C(F)(F)F)c(C)c2ccccc21. The predicted octanol–water partition coefficient (Wildman–Crippen LogP) is 5.21. The summed E-state index contributed by atoms with van der Waals surface area (Å²) in [6, 6.07) is 10.8. The van der Waals surface area contributed by atoms with Crippen LogP contribution in [-0.4, -0.2) is 16.2 Å². The van der Waals surface area contributed by atoms with E-state index in [1.807, 2.05) is 6.07 Å². The van der Waals surface area contributed by atoms with Crippen LogP contribution in [0.2, 0.25) is 5.02 Å². The van der Waals surface area contributed by atoms with E-state index in [0.29, 0.717) is 11.2 Å². The number of rotatable bonds is 4. The third-order valence-corrected chi connectivity index (χ3v) is 4.56. The maximum atomic E-state index is 13.4. The van der Waals surface area contributed by atoms with E-state index in [-0.39, 0.29) is 23.6 Å². The Hall–Kier alpha value is -1.98. The van der Waals surface area contributed by atoms with Gasteiger partial charge in [-0.2, -0.15) is 13.2 Å². The lowest BCUT2D eigenvalue weighted by molar-refractivity contribution is -0.138. The van der Waals surface area contributed by atoms with Gasteiger partial charge < -0.3 is 9.67 Å². The van der Waals surface area contributed by atoms with Crippen LogP contribution in [0.3, 0.4) is 0 Å². The van der Waals surface area contributed by atoms with Crippen molar-refractivity contribution < 1.29 is 21.0 Å². The van der Waals surface area contributed by atoms with Crippen LogP contribution < -0.4 is 0 Å². The summed E-state index contributed by atoms with van der Waals surface area (Å²) in [4.78, 5) is 0. The highest BCUT2D eigenvalue weighted by Gasteiger charge is 2.34. The molecular weight excluding hydrogens is 351 g/mol. The van der Waals surface area contributed by atoms with Crippen molar-refractivity contribution in [3.8, 4) is 0 Å². The maximum Gasteiger partial charge on any atom is 0.416 e. The molecule has 1 aromatic heterocycles. The number of aromatic nitrogens is 1. The van der Waals surface area contributed by atoms with Crippen molar-refractivity contribution in [2.24, 2.45) is 0 Å². The summed E-state index contributed by atoms with van der Waals surface area (Å²) < 4.78 is 56.9. The van der Waals surface area contributed by atoms with Gasteiger partial charge in [0.05, 0.1) is 14.9 Å². The summed E-state index contributed by atoms with van der Waals surface area (Å²) in [7, 11) is 0. The molecule has 0 saturated carbocycles. The molecule has 1 heterocycles. The zero-order chi connectivity index (χ0) is 20.0. The average molecular weight is 370 g/mol. The molecular formula is C19H17ClF3NO. The highest BCUT2D eigenvalue weighted by molar-refractivity contribution is 6.30. The fraction of sp³-hybridized carbons (Fsp3) is 0.263. The summed E-state index contributed by atoms with van der Waals surface area (Å²) in [5, 5.41) is 10.5. The number of hydrogen-bond donors (Lipinski definition) is 1. The van der Waals surface area contributed by atoms with Crippen molar-refractivity contribution in [1.82, 2.24) is 4.57 Å². The van der Waals surface area contributed by atoms with Crippen LogP contribution in [0.15, 0.2) is 42.5 Å². The lowest BCUT2D eigenvalue weighted by Gasteiger charge is -2.15. The van der Waals surface area contributed by atoms with Crippen molar-refractivity contribution in [2.75, 3.05) is 6.56 Å². The molecule has 2 aromatic carbocycles. The minimum absolute atomic E-state index is 0.00460. The summed E-state index contributed by atoms with van der Waals surface area (Å²) in [6.07, 6.45) is -4.63. The van der Waals surface area contributed by atoms with Crippen molar-refractivity contribution >= 4 is 22.5 Å². The van der Waals surface area contributed by atoms with E-state index in [4.69, 9.17) is 14.3 Å². The molecule has 0 spiro atoms. The van der Waals surface area contributed by atoms with Gasteiger partial charge in [0, 0.05) is 34.6 Å². The molecule has 6 heteroatoms. The summed E-state index contributed by atoms with van der Waals surface area (Å²) in [5.41, 5.74) is 1.14. The molecule has 3 aromatic rings. The van der Waals surface area contributed by atoms with Crippen LogP contribution in [0.25, 0.3) is 10.9 Å². The van der Waals surface area contributed by atoms with Crippen LogP contribution in [-0.2, 0) is 19.1 Å². The lowest BCUT2D eigenvalue weighted by atomic mass is 10.00. The first-order valence-electron chi connectivity index (χ1n) is 8.62. The van der Waals surface area contributed by atoms with Gasteiger partial charge in [-0.25, -0.2) is 0 Å². The normalized spacial score (nSPS) is 13.8. The minimum atomic E-state index is -4.56. The molecule has 2 nitrogen and oxygen atoms in total. The fourth-order valence-corrected chi connectivity index (χ4v) is 3.33. The number of aliphatic hydroxyl groups is 1. The van der Waals surface area contributed by atoms with Gasteiger partial charge >= 0.3 is 6.18 Å². The molecule has 132 valence electrons. The maximum absolute atomic E-state index is 13.4. The third kappa shape index (κ3) is 3.39. The zero-order valence-corrected chi connectivity index (χ0v) is 14.1. The Morgan fingerprint density at radius 3 is 2.60 bits per heavy atom. The van der Waals surface area contributed by atoms with Gasteiger partial charge in [-0.3, -0.25) is 0 Å². The standard InChI is InChI=1S/C19H17ClF3NO/c1-12-15-4-2-3-5-17(15)24(8-9-25)18(12)10-13-6-7-14(20)11-16(13)19(21,22)23/h2-7,11,25H,8-10H2,1H3/i9D2. The molecule has 0 aliphatic heterocycles. The molecule has 3 rings (SSSR count). The second-order valence-electron chi connectivity index (χ2n) is 5.81. The van der Waals surface area contributed by atoms with Gasteiger partial charge in [0.2, 0.25) is 0 Å². The first-order valence-corrected chi connectivity index (χ1v) is 8.00. The first kappa shape index (κ1) is 15.3. The van der Waals surface area contributed by atoms with E-state index in [1.165, 1.54) is 12.1 Å². The highest BCUT2D eigenvalue weighted by atomic mass is 35.5. The quantitative estimate of drug-likeness (QED) is 0.671. The lowest BCUT2D eigenvalue weighted by Crippen LogP contribution is -2.12. The Labute approximate surface area is 151 Å². The average Bonchev–Trinajstić information content (AvgIpc) is 2.80. The molecule has 0 aliphatic carbocycles. The number of benzene rings is 2. The molecule has 0 unspecified atom stereocenters. The highest BCUT2D eigenvalue weighted by Crippen LogP contribution is 2.36. The molecule has 0 saturated heterocycles. The number of hydrogen-bond acceptors (Lipinski definition) is 1. The van der Waals surface area contributed by atoms with Gasteiger partial charge in [-0.15, -0.1) is 0 Å². The Balaban J connectivity index is 2.19. The van der Waals surface area contributed by atoms with Gasteiger partial charge in [-0.05, 0) is 36.2 Å². The second-order valence-corrected chi connectivity index (χ2v) is 6.25. The molecule has 0 aliphatic rings. The molecule has 0 fully saturated rings. The fourth-order valence-electron chi connectivity index (χ4n) is 3.16. The molecule has 25 heavy (non-hydrogen) atoms. The first-order chi connectivity index (χ1) is 12.5. The van der Waals surface area contributed by atoms with E-state index in [2.05, 4.69) is 0 Å². The monoisotopic (exact) mass is 369 g/mol. The molecule has 1 N–H and O–H groups in total. The molecule has 0 radical (unpaired) electrons. The zero-order valence-electron chi connectivity index (χ0n) is 15.4.